The molecule has 0 saturated carbocycles. The molecule has 3 atom stereocenters. The maximum atomic E-state index is 3.74. The highest BCUT2D eigenvalue weighted by atomic mass is 15.3. The van der Waals surface area contributed by atoms with Gasteiger partial charge in [-0.3, -0.25) is 4.90 Å². The minimum atomic E-state index is 0.668. The molecule has 1 saturated heterocycles. The molecule has 0 aromatic rings. The van der Waals surface area contributed by atoms with Crippen LogP contribution in [0.5, 0.6) is 0 Å². The standard InChI is InChI=1S/C14H30N2/c1-7-12(6)13-9-16(11(4)5)14(8-15-13)10(2)3/h10-15H,7-9H2,1-6H3. The van der Waals surface area contributed by atoms with E-state index in [2.05, 4.69) is 51.8 Å². The average molecular weight is 226 g/mol. The van der Waals surface area contributed by atoms with Crippen LogP contribution in [0.1, 0.15) is 48.0 Å². The molecule has 1 aliphatic rings. The monoisotopic (exact) mass is 226 g/mol. The van der Waals surface area contributed by atoms with E-state index < -0.39 is 0 Å². The summed E-state index contributed by atoms with van der Waals surface area (Å²) < 4.78 is 0. The van der Waals surface area contributed by atoms with Gasteiger partial charge in [-0.2, -0.15) is 0 Å². The van der Waals surface area contributed by atoms with Crippen LogP contribution in [-0.2, 0) is 0 Å². The second-order valence-corrected chi connectivity index (χ2v) is 6.00. The third kappa shape index (κ3) is 3.21. The fourth-order valence-electron chi connectivity index (χ4n) is 2.69. The van der Waals surface area contributed by atoms with Crippen LogP contribution >= 0.6 is 0 Å². The minimum Gasteiger partial charge on any atom is -0.311 e. The molecule has 0 aliphatic carbocycles. The Morgan fingerprint density at radius 1 is 1.19 bits per heavy atom. The zero-order valence-corrected chi connectivity index (χ0v) is 12.0. The van der Waals surface area contributed by atoms with Gasteiger partial charge in [0.05, 0.1) is 0 Å². The first kappa shape index (κ1) is 14.0. The summed E-state index contributed by atoms with van der Waals surface area (Å²) in [5.41, 5.74) is 0. The molecule has 1 N–H and O–H groups in total. The smallest absolute Gasteiger partial charge is 0.0247 e. The molecule has 96 valence electrons. The lowest BCUT2D eigenvalue weighted by Crippen LogP contribution is -2.61. The van der Waals surface area contributed by atoms with Gasteiger partial charge in [-0.1, -0.05) is 34.1 Å². The van der Waals surface area contributed by atoms with E-state index in [1.54, 1.807) is 0 Å². The number of nitrogens with one attached hydrogen (secondary N) is 1. The molecule has 0 radical (unpaired) electrons. The zero-order chi connectivity index (χ0) is 12.3. The third-order valence-electron chi connectivity index (χ3n) is 4.19. The SMILES string of the molecule is CCC(C)C1CN(C(C)C)C(C(C)C)CN1. The maximum absolute atomic E-state index is 3.74. The lowest BCUT2D eigenvalue weighted by molar-refractivity contribution is 0.0556. The van der Waals surface area contributed by atoms with Crippen molar-refractivity contribution in [1.29, 1.82) is 0 Å². The lowest BCUT2D eigenvalue weighted by atomic mass is 9.91. The highest BCUT2D eigenvalue weighted by Crippen LogP contribution is 2.21. The molecular weight excluding hydrogens is 196 g/mol. The fraction of sp³-hybridized carbons (Fsp3) is 1.00. The third-order valence-corrected chi connectivity index (χ3v) is 4.19. The first-order valence-electron chi connectivity index (χ1n) is 6.96. The van der Waals surface area contributed by atoms with Crippen LogP contribution in [-0.4, -0.2) is 36.1 Å². The quantitative estimate of drug-likeness (QED) is 0.793. The van der Waals surface area contributed by atoms with Gasteiger partial charge in [0, 0.05) is 31.2 Å². The van der Waals surface area contributed by atoms with E-state index in [1.165, 1.54) is 13.0 Å². The molecule has 1 fully saturated rings. The van der Waals surface area contributed by atoms with E-state index in [-0.39, 0.29) is 0 Å². The molecule has 0 aromatic carbocycles. The van der Waals surface area contributed by atoms with Gasteiger partial charge in [0.25, 0.3) is 0 Å². The van der Waals surface area contributed by atoms with E-state index in [4.69, 9.17) is 0 Å². The Hall–Kier alpha value is -0.0800. The summed E-state index contributed by atoms with van der Waals surface area (Å²) >= 11 is 0. The fourth-order valence-corrected chi connectivity index (χ4v) is 2.69. The Balaban J connectivity index is 2.65. The van der Waals surface area contributed by atoms with Gasteiger partial charge in [0.15, 0.2) is 0 Å². The highest BCUT2D eigenvalue weighted by Gasteiger charge is 2.32. The predicted molar refractivity (Wildman–Crippen MR) is 71.7 cm³/mol. The van der Waals surface area contributed by atoms with Gasteiger partial charge in [-0.25, -0.2) is 0 Å². The molecule has 2 nitrogen and oxygen atoms in total. The van der Waals surface area contributed by atoms with Gasteiger partial charge in [-0.15, -0.1) is 0 Å². The lowest BCUT2D eigenvalue weighted by Gasteiger charge is -2.46. The average Bonchev–Trinajstić information content (AvgIpc) is 2.26. The second kappa shape index (κ2) is 6.02. The highest BCUT2D eigenvalue weighted by molar-refractivity contribution is 4.90. The predicted octanol–water partition coefficient (Wildman–Crippen LogP) is 2.74. The van der Waals surface area contributed by atoms with Crippen molar-refractivity contribution in [2.75, 3.05) is 13.1 Å². The van der Waals surface area contributed by atoms with Crippen LogP contribution in [0.2, 0.25) is 0 Å². The molecule has 0 spiro atoms. The summed E-state index contributed by atoms with van der Waals surface area (Å²) in [4.78, 5) is 2.69. The summed E-state index contributed by atoms with van der Waals surface area (Å²) in [5, 5.41) is 3.74. The Morgan fingerprint density at radius 2 is 1.81 bits per heavy atom. The van der Waals surface area contributed by atoms with E-state index in [0.29, 0.717) is 18.1 Å². The molecule has 1 rings (SSSR count). The summed E-state index contributed by atoms with van der Waals surface area (Å²) in [7, 11) is 0. The Morgan fingerprint density at radius 3 is 2.25 bits per heavy atom. The van der Waals surface area contributed by atoms with Crippen LogP contribution < -0.4 is 5.32 Å². The number of nitrogens with zero attached hydrogens (tertiary/aromatic N) is 1. The van der Waals surface area contributed by atoms with Crippen molar-refractivity contribution in [2.45, 2.75) is 66.1 Å². The molecular formula is C14H30N2. The van der Waals surface area contributed by atoms with Gasteiger partial charge in [-0.05, 0) is 25.7 Å². The molecule has 1 heterocycles. The van der Waals surface area contributed by atoms with Crippen molar-refractivity contribution >= 4 is 0 Å². The van der Waals surface area contributed by atoms with Crippen molar-refractivity contribution in [2.24, 2.45) is 11.8 Å². The number of piperazine rings is 1. The van der Waals surface area contributed by atoms with Crippen molar-refractivity contribution in [3.05, 3.63) is 0 Å². The number of hydrogen-bond acceptors (Lipinski definition) is 2. The Bertz CT molecular complexity index is 201. The zero-order valence-electron chi connectivity index (χ0n) is 12.0. The summed E-state index contributed by atoms with van der Waals surface area (Å²) in [6.45, 7) is 16.4. The van der Waals surface area contributed by atoms with Crippen LogP contribution in [0, 0.1) is 11.8 Å². The molecule has 1 aliphatic heterocycles. The van der Waals surface area contributed by atoms with Crippen LogP contribution in [0.3, 0.4) is 0 Å². The minimum absolute atomic E-state index is 0.668. The molecule has 0 bridgehead atoms. The molecule has 3 unspecified atom stereocenters. The van der Waals surface area contributed by atoms with E-state index in [1.807, 2.05) is 0 Å². The van der Waals surface area contributed by atoms with Crippen molar-refractivity contribution < 1.29 is 0 Å². The molecule has 0 amide bonds. The summed E-state index contributed by atoms with van der Waals surface area (Å²) in [6, 6.07) is 2.06. The first-order valence-corrected chi connectivity index (χ1v) is 6.96. The van der Waals surface area contributed by atoms with E-state index in [9.17, 15) is 0 Å². The van der Waals surface area contributed by atoms with Gasteiger partial charge < -0.3 is 5.32 Å². The van der Waals surface area contributed by atoms with Crippen LogP contribution in [0.25, 0.3) is 0 Å². The topological polar surface area (TPSA) is 15.3 Å². The van der Waals surface area contributed by atoms with Gasteiger partial charge in [0.2, 0.25) is 0 Å². The number of hydrogen-bond donors (Lipinski definition) is 1. The molecule has 16 heavy (non-hydrogen) atoms. The number of rotatable bonds is 4. The Labute approximate surface area is 102 Å². The first-order chi connectivity index (χ1) is 7.47. The van der Waals surface area contributed by atoms with Crippen LogP contribution in [0.4, 0.5) is 0 Å². The Kier molecular flexibility index (Phi) is 5.26. The molecule has 0 aromatic heterocycles. The second-order valence-electron chi connectivity index (χ2n) is 6.00. The van der Waals surface area contributed by atoms with E-state index in [0.717, 1.165) is 18.4 Å². The largest absolute Gasteiger partial charge is 0.311 e. The summed E-state index contributed by atoms with van der Waals surface area (Å²) in [6.07, 6.45) is 1.27. The van der Waals surface area contributed by atoms with Crippen molar-refractivity contribution in [1.82, 2.24) is 10.2 Å². The normalized spacial score (nSPS) is 30.0. The van der Waals surface area contributed by atoms with Gasteiger partial charge >= 0.3 is 0 Å². The molecule has 2 heteroatoms. The van der Waals surface area contributed by atoms with Gasteiger partial charge in [0.1, 0.15) is 0 Å². The van der Waals surface area contributed by atoms with Crippen LogP contribution in [0.15, 0.2) is 0 Å². The maximum Gasteiger partial charge on any atom is 0.0247 e. The van der Waals surface area contributed by atoms with E-state index >= 15 is 0 Å². The van der Waals surface area contributed by atoms with Crippen molar-refractivity contribution in [3.8, 4) is 0 Å². The van der Waals surface area contributed by atoms with Crippen molar-refractivity contribution in [3.63, 3.8) is 0 Å². The summed E-state index contributed by atoms with van der Waals surface area (Å²) in [5.74, 6) is 1.53.